The summed E-state index contributed by atoms with van der Waals surface area (Å²) in [5.41, 5.74) is 0. The second kappa shape index (κ2) is 12.3. The molecule has 0 radical (unpaired) electrons. The molecule has 0 bridgehead atoms. The lowest BCUT2D eigenvalue weighted by Gasteiger charge is -2.21. The summed E-state index contributed by atoms with van der Waals surface area (Å²) in [7, 11) is 1.73. The number of unbranched alkanes of at least 4 members (excludes halogenated alkanes) is 1. The lowest BCUT2D eigenvalue weighted by molar-refractivity contribution is -0.0176. The van der Waals surface area contributed by atoms with Crippen molar-refractivity contribution in [3.8, 4) is 0 Å². The van der Waals surface area contributed by atoms with Gasteiger partial charge in [0.1, 0.15) is 0 Å². The van der Waals surface area contributed by atoms with Crippen molar-refractivity contribution in [2.24, 2.45) is 5.92 Å². The normalized spacial score (nSPS) is 14.8. The second-order valence-corrected chi connectivity index (χ2v) is 4.63. The molecule has 3 nitrogen and oxygen atoms in total. The van der Waals surface area contributed by atoms with E-state index in [1.54, 1.807) is 7.11 Å². The molecule has 2 unspecified atom stereocenters. The quantitative estimate of drug-likeness (QED) is 0.573. The van der Waals surface area contributed by atoms with Crippen LogP contribution in [0.15, 0.2) is 0 Å². The van der Waals surface area contributed by atoms with Crippen LogP contribution in [0.5, 0.6) is 0 Å². The molecule has 0 amide bonds. The number of hydrogen-bond donors (Lipinski definition) is 1. The molecule has 0 aliphatic carbocycles. The van der Waals surface area contributed by atoms with Crippen molar-refractivity contribution < 1.29 is 9.47 Å². The Hall–Kier alpha value is -0.120. The van der Waals surface area contributed by atoms with Crippen molar-refractivity contribution in [3.63, 3.8) is 0 Å². The molecular weight excluding hydrogens is 214 g/mol. The van der Waals surface area contributed by atoms with E-state index in [2.05, 4.69) is 26.1 Å². The van der Waals surface area contributed by atoms with Crippen molar-refractivity contribution >= 4 is 0 Å². The standard InChI is InChI=1S/C14H31NO2/c1-5-8-9-13(6-2)11-17-14(12-16-4)10-15-7-3/h13-15H,5-12H2,1-4H3. The Morgan fingerprint density at radius 3 is 2.41 bits per heavy atom. The molecule has 0 aromatic rings. The molecule has 0 spiro atoms. The Bertz CT molecular complexity index is 153. The van der Waals surface area contributed by atoms with E-state index in [0.717, 1.165) is 19.7 Å². The predicted molar refractivity (Wildman–Crippen MR) is 73.5 cm³/mol. The molecule has 104 valence electrons. The van der Waals surface area contributed by atoms with E-state index in [9.17, 15) is 0 Å². The van der Waals surface area contributed by atoms with E-state index in [-0.39, 0.29) is 6.10 Å². The predicted octanol–water partition coefficient (Wildman–Crippen LogP) is 2.84. The van der Waals surface area contributed by atoms with Crippen molar-refractivity contribution in [2.75, 3.05) is 33.4 Å². The number of ether oxygens (including phenoxy) is 2. The van der Waals surface area contributed by atoms with Gasteiger partial charge in [0.2, 0.25) is 0 Å². The molecule has 3 heteroatoms. The molecule has 0 aliphatic heterocycles. The van der Waals surface area contributed by atoms with Gasteiger partial charge in [0.15, 0.2) is 0 Å². The van der Waals surface area contributed by atoms with Crippen LogP contribution in [0.2, 0.25) is 0 Å². The highest BCUT2D eigenvalue weighted by atomic mass is 16.5. The van der Waals surface area contributed by atoms with Crippen LogP contribution in [0.1, 0.15) is 46.5 Å². The zero-order chi connectivity index (χ0) is 12.9. The first-order chi connectivity index (χ1) is 8.28. The molecule has 0 saturated heterocycles. The number of nitrogens with one attached hydrogen (secondary N) is 1. The van der Waals surface area contributed by atoms with Gasteiger partial charge in [0.25, 0.3) is 0 Å². The fraction of sp³-hybridized carbons (Fsp3) is 1.00. The van der Waals surface area contributed by atoms with Crippen molar-refractivity contribution in [2.45, 2.75) is 52.6 Å². The third-order valence-corrected chi connectivity index (χ3v) is 3.09. The third kappa shape index (κ3) is 9.57. The van der Waals surface area contributed by atoms with E-state index in [0.29, 0.717) is 12.5 Å². The van der Waals surface area contributed by atoms with E-state index in [1.807, 2.05) is 0 Å². The fourth-order valence-corrected chi connectivity index (χ4v) is 1.83. The minimum atomic E-state index is 0.190. The largest absolute Gasteiger partial charge is 0.382 e. The Balaban J connectivity index is 3.81. The molecule has 0 aromatic carbocycles. The SMILES string of the molecule is CCCCC(CC)COC(CNCC)COC. The van der Waals surface area contributed by atoms with Crippen LogP contribution in [-0.4, -0.2) is 39.5 Å². The summed E-state index contributed by atoms with van der Waals surface area (Å²) >= 11 is 0. The molecule has 1 N–H and O–H groups in total. The highest BCUT2D eigenvalue weighted by Crippen LogP contribution is 2.13. The van der Waals surface area contributed by atoms with Gasteiger partial charge in [-0.15, -0.1) is 0 Å². The molecular formula is C14H31NO2. The Labute approximate surface area is 107 Å². The number of methoxy groups -OCH3 is 1. The monoisotopic (exact) mass is 245 g/mol. The molecule has 17 heavy (non-hydrogen) atoms. The van der Waals surface area contributed by atoms with E-state index in [4.69, 9.17) is 9.47 Å². The van der Waals surface area contributed by atoms with Gasteiger partial charge in [-0.1, -0.05) is 40.0 Å². The number of likely N-dealkylation sites (N-methyl/N-ethyl adjacent to an activating group) is 1. The topological polar surface area (TPSA) is 30.5 Å². The molecule has 0 aromatic heterocycles. The molecule has 0 heterocycles. The maximum absolute atomic E-state index is 5.95. The average Bonchev–Trinajstić information content (AvgIpc) is 2.35. The summed E-state index contributed by atoms with van der Waals surface area (Å²) < 4.78 is 11.1. The highest BCUT2D eigenvalue weighted by Gasteiger charge is 2.12. The first-order valence-electron chi connectivity index (χ1n) is 7.09. The van der Waals surface area contributed by atoms with Crippen LogP contribution in [0, 0.1) is 5.92 Å². The minimum Gasteiger partial charge on any atom is -0.382 e. The summed E-state index contributed by atoms with van der Waals surface area (Å²) in [4.78, 5) is 0. The minimum absolute atomic E-state index is 0.190. The maximum atomic E-state index is 5.95. The van der Waals surface area contributed by atoms with Crippen LogP contribution in [0.4, 0.5) is 0 Å². The first kappa shape index (κ1) is 16.9. The van der Waals surface area contributed by atoms with Crippen LogP contribution in [0.3, 0.4) is 0 Å². The van der Waals surface area contributed by atoms with Crippen LogP contribution < -0.4 is 5.32 Å². The van der Waals surface area contributed by atoms with Crippen molar-refractivity contribution in [1.82, 2.24) is 5.32 Å². The fourth-order valence-electron chi connectivity index (χ4n) is 1.83. The Morgan fingerprint density at radius 1 is 1.12 bits per heavy atom. The summed E-state index contributed by atoms with van der Waals surface area (Å²) in [6.45, 7) is 10.0. The van der Waals surface area contributed by atoms with Gasteiger partial charge >= 0.3 is 0 Å². The first-order valence-corrected chi connectivity index (χ1v) is 7.09. The van der Waals surface area contributed by atoms with Crippen molar-refractivity contribution in [1.29, 1.82) is 0 Å². The summed E-state index contributed by atoms with van der Waals surface area (Å²) in [5, 5.41) is 3.31. The lowest BCUT2D eigenvalue weighted by atomic mass is 10.0. The summed E-state index contributed by atoms with van der Waals surface area (Å²) in [6, 6.07) is 0. The smallest absolute Gasteiger partial charge is 0.0932 e. The second-order valence-electron chi connectivity index (χ2n) is 4.63. The molecule has 0 rings (SSSR count). The number of hydrogen-bond acceptors (Lipinski definition) is 3. The number of rotatable bonds is 12. The van der Waals surface area contributed by atoms with Crippen molar-refractivity contribution in [3.05, 3.63) is 0 Å². The molecule has 0 aliphatic rings. The Morgan fingerprint density at radius 2 is 1.88 bits per heavy atom. The summed E-state index contributed by atoms with van der Waals surface area (Å²) in [5.74, 6) is 0.705. The van der Waals surface area contributed by atoms with Gasteiger partial charge in [0.05, 0.1) is 12.7 Å². The van der Waals surface area contributed by atoms with E-state index < -0.39 is 0 Å². The summed E-state index contributed by atoms with van der Waals surface area (Å²) in [6.07, 6.45) is 5.27. The van der Waals surface area contributed by atoms with Crippen LogP contribution in [0.25, 0.3) is 0 Å². The average molecular weight is 245 g/mol. The highest BCUT2D eigenvalue weighted by molar-refractivity contribution is 4.63. The molecule has 2 atom stereocenters. The Kier molecular flexibility index (Phi) is 12.3. The van der Waals surface area contributed by atoms with Gasteiger partial charge in [-0.3, -0.25) is 0 Å². The zero-order valence-corrected chi connectivity index (χ0v) is 12.1. The zero-order valence-electron chi connectivity index (χ0n) is 12.1. The van der Waals surface area contributed by atoms with Gasteiger partial charge in [-0.05, 0) is 18.9 Å². The van der Waals surface area contributed by atoms with E-state index in [1.165, 1.54) is 25.7 Å². The third-order valence-electron chi connectivity index (χ3n) is 3.09. The van der Waals surface area contributed by atoms with Crippen LogP contribution in [-0.2, 0) is 9.47 Å². The van der Waals surface area contributed by atoms with E-state index >= 15 is 0 Å². The maximum Gasteiger partial charge on any atom is 0.0932 e. The van der Waals surface area contributed by atoms with Gasteiger partial charge in [-0.2, -0.15) is 0 Å². The van der Waals surface area contributed by atoms with Gasteiger partial charge < -0.3 is 14.8 Å². The van der Waals surface area contributed by atoms with Gasteiger partial charge in [-0.25, -0.2) is 0 Å². The molecule has 0 fully saturated rings. The molecule has 0 saturated carbocycles. The van der Waals surface area contributed by atoms with Gasteiger partial charge in [0, 0.05) is 20.3 Å². The van der Waals surface area contributed by atoms with Crippen LogP contribution >= 0.6 is 0 Å². The lowest BCUT2D eigenvalue weighted by Crippen LogP contribution is -2.33.